The van der Waals surface area contributed by atoms with Crippen LogP contribution in [-0.4, -0.2) is 31.6 Å². The van der Waals surface area contributed by atoms with Crippen molar-refractivity contribution >= 4 is 17.6 Å². The fraction of sp³-hybridized carbons (Fsp3) is 0.486. The molecule has 0 aromatic heterocycles. The first-order valence-electron chi connectivity index (χ1n) is 16.2. The van der Waals surface area contributed by atoms with Crippen molar-refractivity contribution < 1.29 is 23.7 Å². The van der Waals surface area contributed by atoms with Gasteiger partial charge in [-0.05, 0) is 53.6 Å². The summed E-state index contributed by atoms with van der Waals surface area (Å²) in [6.45, 7) is 4.21. The monoisotopic (exact) mass is 619 g/mol. The van der Waals surface area contributed by atoms with Gasteiger partial charge in [-0.1, -0.05) is 93.8 Å². The number of carbonyl (C=O) groups excluding carboxylic acids is 1. The van der Waals surface area contributed by atoms with Crippen molar-refractivity contribution in [1.29, 1.82) is 0 Å². The van der Waals surface area contributed by atoms with Crippen molar-refractivity contribution in [2.24, 2.45) is 0 Å². The SMILES string of the molecule is CCCCCCCCCCC(=O)Oc1c(OC)cc(Cl)c2c1CN1CCc3cc(OC)c(OCc4ccccc4)cc3C1C2. The van der Waals surface area contributed by atoms with Gasteiger partial charge in [-0.15, -0.1) is 0 Å². The van der Waals surface area contributed by atoms with Gasteiger partial charge in [0.05, 0.1) is 14.2 Å². The number of esters is 1. The predicted molar refractivity (Wildman–Crippen MR) is 175 cm³/mol. The second kappa shape index (κ2) is 15.7. The summed E-state index contributed by atoms with van der Waals surface area (Å²) in [5.41, 5.74) is 5.56. The number of fused-ring (bicyclic) bond motifs is 4. The van der Waals surface area contributed by atoms with Crippen LogP contribution in [0.3, 0.4) is 0 Å². The first-order valence-corrected chi connectivity index (χ1v) is 16.6. The zero-order chi connectivity index (χ0) is 30.9. The maximum absolute atomic E-state index is 13.0. The Morgan fingerprint density at radius 1 is 0.886 bits per heavy atom. The summed E-state index contributed by atoms with van der Waals surface area (Å²) in [5.74, 6) is 2.30. The zero-order valence-electron chi connectivity index (χ0n) is 26.5. The number of rotatable bonds is 15. The molecule has 1 atom stereocenters. The number of methoxy groups -OCH3 is 2. The van der Waals surface area contributed by atoms with E-state index in [2.05, 4.69) is 36.1 Å². The topological polar surface area (TPSA) is 57.2 Å². The first-order chi connectivity index (χ1) is 21.5. The van der Waals surface area contributed by atoms with E-state index >= 15 is 0 Å². The molecule has 2 heterocycles. The molecule has 6 nitrogen and oxygen atoms in total. The van der Waals surface area contributed by atoms with E-state index in [1.54, 1.807) is 20.3 Å². The Morgan fingerprint density at radius 3 is 2.34 bits per heavy atom. The number of unbranched alkanes of at least 4 members (excludes halogenated alkanes) is 7. The third-order valence-electron chi connectivity index (χ3n) is 8.97. The van der Waals surface area contributed by atoms with Crippen LogP contribution in [0.5, 0.6) is 23.0 Å². The molecular weight excluding hydrogens is 574 g/mol. The molecule has 0 saturated heterocycles. The normalized spacial score (nSPS) is 15.6. The molecule has 3 aromatic carbocycles. The maximum Gasteiger partial charge on any atom is 0.311 e. The molecule has 0 saturated carbocycles. The number of carbonyl (C=O) groups is 1. The van der Waals surface area contributed by atoms with Gasteiger partial charge in [0.25, 0.3) is 0 Å². The summed E-state index contributed by atoms with van der Waals surface area (Å²) in [5, 5.41) is 0.639. The highest BCUT2D eigenvalue weighted by Gasteiger charge is 2.36. The van der Waals surface area contributed by atoms with Crippen molar-refractivity contribution in [1.82, 2.24) is 4.90 Å². The second-order valence-electron chi connectivity index (χ2n) is 12.0. The summed E-state index contributed by atoms with van der Waals surface area (Å²) in [7, 11) is 3.29. The lowest BCUT2D eigenvalue weighted by molar-refractivity contribution is -0.134. The Labute approximate surface area is 267 Å². The van der Waals surface area contributed by atoms with Crippen LogP contribution in [0.25, 0.3) is 0 Å². The number of halogens is 1. The van der Waals surface area contributed by atoms with E-state index in [0.717, 1.165) is 54.0 Å². The van der Waals surface area contributed by atoms with E-state index in [1.165, 1.54) is 49.7 Å². The smallest absolute Gasteiger partial charge is 0.311 e. The molecule has 5 rings (SSSR count). The molecule has 236 valence electrons. The summed E-state index contributed by atoms with van der Waals surface area (Å²) in [6, 6.07) is 16.3. The summed E-state index contributed by atoms with van der Waals surface area (Å²) in [4.78, 5) is 15.4. The van der Waals surface area contributed by atoms with Crippen molar-refractivity contribution in [3.63, 3.8) is 0 Å². The highest BCUT2D eigenvalue weighted by molar-refractivity contribution is 6.31. The van der Waals surface area contributed by atoms with Crippen LogP contribution in [0.1, 0.15) is 98.6 Å². The van der Waals surface area contributed by atoms with Gasteiger partial charge in [-0.3, -0.25) is 9.69 Å². The average molecular weight is 620 g/mol. The molecule has 2 aliphatic rings. The molecule has 0 amide bonds. The van der Waals surface area contributed by atoms with Gasteiger partial charge in [0, 0.05) is 42.2 Å². The quantitative estimate of drug-likeness (QED) is 0.0961. The van der Waals surface area contributed by atoms with Crippen LogP contribution in [0.15, 0.2) is 48.5 Å². The molecule has 0 N–H and O–H groups in total. The minimum Gasteiger partial charge on any atom is -0.493 e. The van der Waals surface area contributed by atoms with E-state index in [9.17, 15) is 4.79 Å². The Balaban J connectivity index is 1.31. The fourth-order valence-corrected chi connectivity index (χ4v) is 6.80. The molecule has 0 spiro atoms. The molecule has 1 unspecified atom stereocenters. The lowest BCUT2D eigenvalue weighted by Gasteiger charge is -2.42. The Bertz CT molecular complexity index is 1410. The van der Waals surface area contributed by atoms with Crippen molar-refractivity contribution in [3.8, 4) is 23.0 Å². The Morgan fingerprint density at radius 2 is 1.61 bits per heavy atom. The average Bonchev–Trinajstić information content (AvgIpc) is 3.05. The van der Waals surface area contributed by atoms with Crippen LogP contribution < -0.4 is 18.9 Å². The van der Waals surface area contributed by atoms with E-state index < -0.39 is 0 Å². The van der Waals surface area contributed by atoms with Crippen molar-refractivity contribution in [3.05, 3.63) is 81.4 Å². The van der Waals surface area contributed by atoms with E-state index in [-0.39, 0.29) is 12.0 Å². The van der Waals surface area contributed by atoms with Crippen LogP contribution in [0.4, 0.5) is 0 Å². The lowest BCUT2D eigenvalue weighted by atomic mass is 9.83. The minimum atomic E-state index is -0.211. The van der Waals surface area contributed by atoms with E-state index in [4.69, 9.17) is 30.5 Å². The Hall–Kier alpha value is -3.22. The third kappa shape index (κ3) is 7.70. The molecular formula is C37H46ClNO5. The molecule has 7 heteroatoms. The molecule has 0 fully saturated rings. The lowest BCUT2D eigenvalue weighted by Crippen LogP contribution is -2.39. The molecule has 0 radical (unpaired) electrons. The molecule has 44 heavy (non-hydrogen) atoms. The fourth-order valence-electron chi connectivity index (χ4n) is 6.51. The molecule has 0 bridgehead atoms. The summed E-state index contributed by atoms with van der Waals surface area (Å²) < 4.78 is 23.7. The van der Waals surface area contributed by atoms with Crippen molar-refractivity contribution in [2.75, 3.05) is 20.8 Å². The summed E-state index contributed by atoms with van der Waals surface area (Å²) >= 11 is 6.87. The van der Waals surface area contributed by atoms with Gasteiger partial charge in [0.15, 0.2) is 23.0 Å². The number of hydrogen-bond acceptors (Lipinski definition) is 6. The van der Waals surface area contributed by atoms with Gasteiger partial charge in [-0.2, -0.15) is 0 Å². The number of hydrogen-bond donors (Lipinski definition) is 0. The molecule has 0 aliphatic carbocycles. The van der Waals surface area contributed by atoms with Gasteiger partial charge >= 0.3 is 5.97 Å². The number of ether oxygens (including phenoxy) is 4. The van der Waals surface area contributed by atoms with Gasteiger partial charge in [-0.25, -0.2) is 0 Å². The van der Waals surface area contributed by atoms with E-state index in [1.807, 2.05) is 18.2 Å². The maximum atomic E-state index is 13.0. The van der Waals surface area contributed by atoms with Crippen LogP contribution in [-0.2, 0) is 30.8 Å². The standard InChI is InChI=1S/C37H46ClNO5/c1-4-5-6-7-8-9-10-14-17-36(40)44-37-30-24-39-19-18-27-20-33(41-2)34(43-25-26-15-12-11-13-16-26)22-28(27)32(39)21-29(30)31(38)23-35(37)42-3/h11-13,15-16,20,22-23,32H,4-10,14,17-19,21,24-25H2,1-3H3. The van der Waals surface area contributed by atoms with Gasteiger partial charge < -0.3 is 18.9 Å². The number of nitrogens with zero attached hydrogens (tertiary/aromatic N) is 1. The van der Waals surface area contributed by atoms with E-state index in [0.29, 0.717) is 42.5 Å². The summed E-state index contributed by atoms with van der Waals surface area (Å²) in [6.07, 6.45) is 11.5. The Kier molecular flexibility index (Phi) is 11.5. The van der Waals surface area contributed by atoms with Crippen LogP contribution in [0, 0.1) is 0 Å². The van der Waals surface area contributed by atoms with Gasteiger partial charge in [0.2, 0.25) is 0 Å². The zero-order valence-corrected chi connectivity index (χ0v) is 27.2. The number of benzene rings is 3. The minimum absolute atomic E-state index is 0.128. The first kappa shape index (κ1) is 32.2. The van der Waals surface area contributed by atoms with Gasteiger partial charge in [0.1, 0.15) is 6.61 Å². The van der Waals surface area contributed by atoms with Crippen molar-refractivity contribution in [2.45, 2.75) is 96.7 Å². The largest absolute Gasteiger partial charge is 0.493 e. The second-order valence-corrected chi connectivity index (χ2v) is 12.4. The van der Waals surface area contributed by atoms with Crippen LogP contribution in [0.2, 0.25) is 5.02 Å². The highest BCUT2D eigenvalue weighted by atomic mass is 35.5. The predicted octanol–water partition coefficient (Wildman–Crippen LogP) is 9.03. The third-order valence-corrected chi connectivity index (χ3v) is 9.31. The highest BCUT2D eigenvalue weighted by Crippen LogP contribution is 2.48. The molecule has 2 aliphatic heterocycles. The van der Waals surface area contributed by atoms with Crippen LogP contribution >= 0.6 is 11.6 Å². The molecule has 3 aromatic rings.